The molecule has 8 heteroatoms. The summed E-state index contributed by atoms with van der Waals surface area (Å²) < 4.78 is 22.4. The predicted octanol–water partition coefficient (Wildman–Crippen LogP) is 6.16. The Balaban J connectivity index is 1.59. The van der Waals surface area contributed by atoms with Crippen molar-refractivity contribution in [3.05, 3.63) is 131 Å². The summed E-state index contributed by atoms with van der Waals surface area (Å²) in [6, 6.07) is 27.2. The molecule has 220 valence electrons. The Morgan fingerprint density at radius 1 is 0.791 bits per heavy atom. The summed E-state index contributed by atoms with van der Waals surface area (Å²) in [5.41, 5.74) is 1.57. The second-order valence-corrected chi connectivity index (χ2v) is 10.2. The molecule has 0 radical (unpaired) electrons. The summed E-state index contributed by atoms with van der Waals surface area (Å²) in [6.45, 7) is 2.26. The second-order valence-electron chi connectivity index (χ2n) is 10.2. The van der Waals surface area contributed by atoms with Gasteiger partial charge in [-0.2, -0.15) is 0 Å². The summed E-state index contributed by atoms with van der Waals surface area (Å²) in [7, 11) is 4.57. The van der Waals surface area contributed by atoms with E-state index in [2.05, 4.69) is 0 Å². The highest BCUT2D eigenvalue weighted by molar-refractivity contribution is 6.11. The minimum atomic E-state index is -1.69. The third-order valence-electron chi connectivity index (χ3n) is 7.55. The van der Waals surface area contributed by atoms with E-state index in [1.165, 1.54) is 25.2 Å². The average Bonchev–Trinajstić information content (AvgIpc) is 3.29. The maximum absolute atomic E-state index is 14.7. The number of hydrogen-bond donors (Lipinski definition) is 1. The second kappa shape index (κ2) is 12.3. The molecule has 0 saturated heterocycles. The fourth-order valence-corrected chi connectivity index (χ4v) is 5.33. The van der Waals surface area contributed by atoms with Crippen LogP contribution >= 0.6 is 0 Å². The van der Waals surface area contributed by atoms with Gasteiger partial charge in [-0.3, -0.25) is 9.59 Å². The first kappa shape index (κ1) is 29.3. The van der Waals surface area contributed by atoms with Crippen molar-refractivity contribution in [3.63, 3.8) is 0 Å². The van der Waals surface area contributed by atoms with E-state index < -0.39 is 23.0 Å². The SMILES string of the molecule is COc1cccc(CN2C(=O)C(O)=CC2(C(=O)c2ccc(OCc3ccccc3)c(C)c2)c2ccc(OC)c(OC)c2)c1. The maximum Gasteiger partial charge on any atom is 0.290 e. The highest BCUT2D eigenvalue weighted by atomic mass is 16.5. The van der Waals surface area contributed by atoms with E-state index in [1.54, 1.807) is 61.7 Å². The monoisotopic (exact) mass is 579 g/mol. The predicted molar refractivity (Wildman–Crippen MR) is 162 cm³/mol. The molecule has 1 unspecified atom stereocenters. The van der Waals surface area contributed by atoms with E-state index in [1.807, 2.05) is 43.3 Å². The van der Waals surface area contributed by atoms with Crippen molar-refractivity contribution in [1.29, 1.82) is 0 Å². The number of rotatable bonds is 11. The quantitative estimate of drug-likeness (QED) is 0.213. The summed E-state index contributed by atoms with van der Waals surface area (Å²) in [5.74, 6) is 0.470. The van der Waals surface area contributed by atoms with Crippen LogP contribution in [0.1, 0.15) is 32.6 Å². The number of aryl methyl sites for hydroxylation is 1. The van der Waals surface area contributed by atoms with Crippen molar-refractivity contribution in [2.45, 2.75) is 25.6 Å². The lowest BCUT2D eigenvalue weighted by Crippen LogP contribution is -2.49. The number of aliphatic hydroxyl groups is 1. The minimum Gasteiger partial charge on any atom is -0.503 e. The molecule has 4 aromatic rings. The average molecular weight is 580 g/mol. The van der Waals surface area contributed by atoms with Crippen LogP contribution in [0.15, 0.2) is 103 Å². The third-order valence-corrected chi connectivity index (χ3v) is 7.55. The van der Waals surface area contributed by atoms with Crippen LogP contribution in [0.3, 0.4) is 0 Å². The molecular formula is C35H33NO7. The Morgan fingerprint density at radius 3 is 2.21 bits per heavy atom. The van der Waals surface area contributed by atoms with Gasteiger partial charge in [0.2, 0.25) is 0 Å². The molecule has 0 aliphatic carbocycles. The first-order valence-corrected chi connectivity index (χ1v) is 13.7. The smallest absolute Gasteiger partial charge is 0.290 e. The van der Waals surface area contributed by atoms with Gasteiger partial charge in [0, 0.05) is 18.2 Å². The number of amides is 1. The van der Waals surface area contributed by atoms with Gasteiger partial charge in [0.1, 0.15) is 18.1 Å². The molecule has 1 heterocycles. The topological polar surface area (TPSA) is 94.5 Å². The maximum atomic E-state index is 14.7. The summed E-state index contributed by atoms with van der Waals surface area (Å²) in [4.78, 5) is 29.6. The number of ketones is 1. The van der Waals surface area contributed by atoms with Crippen LogP contribution in [0.2, 0.25) is 0 Å². The lowest BCUT2D eigenvalue weighted by molar-refractivity contribution is -0.131. The molecule has 0 bridgehead atoms. The molecule has 1 amide bonds. The molecule has 5 rings (SSSR count). The van der Waals surface area contributed by atoms with Gasteiger partial charge >= 0.3 is 0 Å². The number of nitrogens with zero attached hydrogens (tertiary/aromatic N) is 1. The molecule has 1 atom stereocenters. The molecule has 4 aromatic carbocycles. The van der Waals surface area contributed by atoms with Gasteiger partial charge in [-0.05, 0) is 71.6 Å². The zero-order valence-corrected chi connectivity index (χ0v) is 24.5. The zero-order chi connectivity index (χ0) is 30.6. The Bertz CT molecular complexity index is 1680. The number of methoxy groups -OCH3 is 3. The molecule has 1 aliphatic heterocycles. The van der Waals surface area contributed by atoms with E-state index in [-0.39, 0.29) is 6.54 Å². The van der Waals surface area contributed by atoms with Gasteiger partial charge in [0.05, 0.1) is 21.3 Å². The Hall–Kier alpha value is -5.24. The van der Waals surface area contributed by atoms with Gasteiger partial charge in [0.15, 0.2) is 28.6 Å². The highest BCUT2D eigenvalue weighted by Gasteiger charge is 2.53. The number of benzene rings is 4. The summed E-state index contributed by atoms with van der Waals surface area (Å²) in [5, 5.41) is 10.9. The van der Waals surface area contributed by atoms with Crippen molar-refractivity contribution in [2.24, 2.45) is 0 Å². The van der Waals surface area contributed by atoms with E-state index in [0.29, 0.717) is 46.3 Å². The molecule has 0 saturated carbocycles. The van der Waals surface area contributed by atoms with E-state index >= 15 is 0 Å². The Labute approximate surface area is 250 Å². The van der Waals surface area contributed by atoms with Gasteiger partial charge < -0.3 is 29.0 Å². The normalized spacial score (nSPS) is 16.0. The van der Waals surface area contributed by atoms with E-state index in [4.69, 9.17) is 18.9 Å². The van der Waals surface area contributed by atoms with Crippen molar-refractivity contribution >= 4 is 11.7 Å². The van der Waals surface area contributed by atoms with Crippen molar-refractivity contribution < 1.29 is 33.6 Å². The lowest BCUT2D eigenvalue weighted by Gasteiger charge is -2.37. The number of carbonyl (C=O) groups excluding carboxylic acids is 2. The van der Waals surface area contributed by atoms with Crippen LogP contribution in [0.4, 0.5) is 0 Å². The molecule has 1 N–H and O–H groups in total. The molecule has 0 spiro atoms. The highest BCUT2D eigenvalue weighted by Crippen LogP contribution is 2.44. The van der Waals surface area contributed by atoms with Gasteiger partial charge in [-0.1, -0.05) is 48.5 Å². The molecule has 0 fully saturated rings. The number of carbonyl (C=O) groups is 2. The molecular weight excluding hydrogens is 546 g/mol. The number of aliphatic hydroxyl groups excluding tert-OH is 1. The van der Waals surface area contributed by atoms with Crippen LogP contribution in [0, 0.1) is 6.92 Å². The minimum absolute atomic E-state index is 0.0218. The Kier molecular flexibility index (Phi) is 8.39. The van der Waals surface area contributed by atoms with Crippen LogP contribution in [0.25, 0.3) is 0 Å². The van der Waals surface area contributed by atoms with Crippen LogP contribution in [-0.4, -0.2) is 43.0 Å². The van der Waals surface area contributed by atoms with Crippen molar-refractivity contribution in [2.75, 3.05) is 21.3 Å². The first-order valence-electron chi connectivity index (χ1n) is 13.7. The largest absolute Gasteiger partial charge is 0.503 e. The van der Waals surface area contributed by atoms with Crippen LogP contribution < -0.4 is 18.9 Å². The fraction of sp³-hybridized carbons (Fsp3) is 0.200. The van der Waals surface area contributed by atoms with Gasteiger partial charge in [-0.25, -0.2) is 0 Å². The lowest BCUT2D eigenvalue weighted by atomic mass is 9.81. The molecule has 43 heavy (non-hydrogen) atoms. The van der Waals surface area contributed by atoms with Crippen molar-refractivity contribution in [3.8, 4) is 23.0 Å². The van der Waals surface area contributed by atoms with Gasteiger partial charge in [-0.15, -0.1) is 0 Å². The number of Topliss-reactive ketones (excluding diaryl/α,β-unsaturated/α-hetero) is 1. The standard InChI is InChI=1S/C35H33NO7/c1-23-17-26(13-15-30(23)43-22-24-9-6-5-7-10-24)33(38)35(27-14-16-31(41-3)32(19-27)42-4)20-29(37)34(39)36(35)21-25-11-8-12-28(18-25)40-2/h5-20,37H,21-22H2,1-4H3. The first-order chi connectivity index (χ1) is 20.8. The van der Waals surface area contributed by atoms with Crippen LogP contribution in [-0.2, 0) is 23.5 Å². The van der Waals surface area contributed by atoms with Gasteiger partial charge in [0.25, 0.3) is 5.91 Å². The Morgan fingerprint density at radius 2 is 1.51 bits per heavy atom. The number of ether oxygens (including phenoxy) is 4. The zero-order valence-electron chi connectivity index (χ0n) is 24.5. The molecule has 0 aromatic heterocycles. The van der Waals surface area contributed by atoms with Crippen molar-refractivity contribution in [1.82, 2.24) is 4.90 Å². The van der Waals surface area contributed by atoms with E-state index in [9.17, 15) is 14.7 Å². The summed E-state index contributed by atoms with van der Waals surface area (Å²) >= 11 is 0. The van der Waals surface area contributed by atoms with Crippen LogP contribution in [0.5, 0.6) is 23.0 Å². The molecule has 8 nitrogen and oxygen atoms in total. The number of hydrogen-bond acceptors (Lipinski definition) is 7. The summed E-state index contributed by atoms with van der Waals surface area (Å²) in [6.07, 6.45) is 1.31. The third kappa shape index (κ3) is 5.64. The molecule has 1 aliphatic rings. The fourth-order valence-electron chi connectivity index (χ4n) is 5.33. The van der Waals surface area contributed by atoms with E-state index in [0.717, 1.165) is 11.1 Å².